The number of aryl methyl sites for hydroxylation is 1. The van der Waals surface area contributed by atoms with Crippen molar-refractivity contribution in [3.05, 3.63) is 71.4 Å². The molecule has 118 valence electrons. The number of primary amides is 1. The highest BCUT2D eigenvalue weighted by Gasteiger charge is 2.11. The van der Waals surface area contributed by atoms with Crippen molar-refractivity contribution < 1.29 is 4.79 Å². The number of aromatic nitrogens is 2. The third-order valence-corrected chi connectivity index (χ3v) is 4.98. The molecular weight excluding hydrogens is 318 g/mol. The molecule has 0 atom stereocenters. The van der Waals surface area contributed by atoms with Gasteiger partial charge in [0.15, 0.2) is 5.69 Å². The minimum Gasteiger partial charge on any atom is -0.364 e. The van der Waals surface area contributed by atoms with Crippen LogP contribution in [0.2, 0.25) is 0 Å². The number of thiophene rings is 1. The lowest BCUT2D eigenvalue weighted by atomic mass is 10.0. The first kappa shape index (κ1) is 14.7. The van der Waals surface area contributed by atoms with Gasteiger partial charge in [0.2, 0.25) is 0 Å². The molecule has 0 bridgehead atoms. The first-order valence-electron chi connectivity index (χ1n) is 7.57. The van der Waals surface area contributed by atoms with Crippen molar-refractivity contribution in [1.29, 1.82) is 0 Å². The van der Waals surface area contributed by atoms with Gasteiger partial charge in [0, 0.05) is 10.4 Å². The predicted octanol–water partition coefficient (Wildman–Crippen LogP) is 4.16. The molecule has 2 aromatic carbocycles. The molecule has 0 saturated heterocycles. The van der Waals surface area contributed by atoms with E-state index < -0.39 is 5.91 Å². The summed E-state index contributed by atoms with van der Waals surface area (Å²) in [5.41, 5.74) is 9.71. The fraction of sp³-hybridized carbons (Fsp3) is 0.0526. The molecule has 0 aliphatic heterocycles. The number of hydrogen-bond acceptors (Lipinski definition) is 3. The molecule has 2 heterocycles. The van der Waals surface area contributed by atoms with E-state index >= 15 is 0 Å². The van der Waals surface area contributed by atoms with Crippen LogP contribution in [-0.4, -0.2) is 15.7 Å². The molecule has 1 amide bonds. The van der Waals surface area contributed by atoms with Gasteiger partial charge in [-0.3, -0.25) is 4.79 Å². The van der Waals surface area contributed by atoms with Crippen molar-refractivity contribution in [3.63, 3.8) is 0 Å². The monoisotopic (exact) mass is 333 g/mol. The number of carbonyl (C=O) groups excluding carboxylic acids is 1. The van der Waals surface area contributed by atoms with Crippen LogP contribution in [0.15, 0.2) is 60.0 Å². The van der Waals surface area contributed by atoms with Gasteiger partial charge in [-0.15, -0.1) is 11.3 Å². The van der Waals surface area contributed by atoms with Gasteiger partial charge in [0.1, 0.15) is 0 Å². The zero-order valence-corrected chi connectivity index (χ0v) is 13.9. The Balaban J connectivity index is 1.85. The minimum atomic E-state index is -0.517. The van der Waals surface area contributed by atoms with Crippen LogP contribution in [0, 0.1) is 6.92 Å². The Hall–Kier alpha value is -2.92. The minimum absolute atomic E-state index is 0.276. The quantitative estimate of drug-likeness (QED) is 0.612. The molecule has 2 aromatic heterocycles. The van der Waals surface area contributed by atoms with Crippen molar-refractivity contribution in [2.24, 2.45) is 5.73 Å². The van der Waals surface area contributed by atoms with Crippen molar-refractivity contribution in [1.82, 2.24) is 9.78 Å². The second-order valence-electron chi connectivity index (χ2n) is 5.64. The van der Waals surface area contributed by atoms with Crippen molar-refractivity contribution in [2.45, 2.75) is 6.92 Å². The highest BCUT2D eigenvalue weighted by atomic mass is 32.1. The second-order valence-corrected chi connectivity index (χ2v) is 6.56. The summed E-state index contributed by atoms with van der Waals surface area (Å²) < 4.78 is 3.02. The number of carbonyl (C=O) groups is 1. The number of nitrogens with zero attached hydrogens (tertiary/aromatic N) is 2. The van der Waals surface area contributed by atoms with E-state index in [1.807, 2.05) is 19.1 Å². The van der Waals surface area contributed by atoms with Gasteiger partial charge in [-0.05, 0) is 53.1 Å². The van der Waals surface area contributed by atoms with Gasteiger partial charge < -0.3 is 5.73 Å². The maximum atomic E-state index is 11.4. The molecule has 24 heavy (non-hydrogen) atoms. The van der Waals surface area contributed by atoms with Crippen molar-refractivity contribution in [3.8, 4) is 16.8 Å². The third-order valence-electron chi connectivity index (χ3n) is 4.02. The molecule has 0 radical (unpaired) electrons. The normalized spacial score (nSPS) is 11.0. The smallest absolute Gasteiger partial charge is 0.269 e. The molecule has 5 heteroatoms. The number of hydrogen-bond donors (Lipinski definition) is 1. The van der Waals surface area contributed by atoms with E-state index in [1.54, 1.807) is 22.1 Å². The average Bonchev–Trinajstić information content (AvgIpc) is 3.21. The van der Waals surface area contributed by atoms with E-state index in [4.69, 9.17) is 5.73 Å². The summed E-state index contributed by atoms with van der Waals surface area (Å²) in [4.78, 5) is 11.4. The number of fused-ring (bicyclic) bond motifs is 1. The lowest BCUT2D eigenvalue weighted by Gasteiger charge is -2.08. The van der Waals surface area contributed by atoms with E-state index in [-0.39, 0.29) is 5.69 Å². The molecule has 0 unspecified atom stereocenters. The summed E-state index contributed by atoms with van der Waals surface area (Å²) in [6, 6.07) is 18.3. The van der Waals surface area contributed by atoms with Crippen molar-refractivity contribution in [2.75, 3.05) is 0 Å². The van der Waals surface area contributed by atoms with E-state index in [9.17, 15) is 4.79 Å². The largest absolute Gasteiger partial charge is 0.364 e. The Morgan fingerprint density at radius 1 is 1.12 bits per heavy atom. The first-order chi connectivity index (χ1) is 11.6. The van der Waals surface area contributed by atoms with Gasteiger partial charge in [-0.2, -0.15) is 5.10 Å². The number of rotatable bonds is 3. The van der Waals surface area contributed by atoms with E-state index in [2.05, 4.69) is 46.9 Å². The summed E-state index contributed by atoms with van der Waals surface area (Å²) in [5.74, 6) is -0.517. The highest BCUT2D eigenvalue weighted by molar-refractivity contribution is 7.17. The number of amides is 1. The summed E-state index contributed by atoms with van der Waals surface area (Å²) in [5, 5.41) is 7.66. The SMILES string of the molecule is Cc1cc(C(N)=O)nn1-c1cccc(-c2cccc3ccsc23)c1. The van der Waals surface area contributed by atoms with Crippen LogP contribution in [0.1, 0.15) is 16.2 Å². The molecule has 2 N–H and O–H groups in total. The Morgan fingerprint density at radius 3 is 2.75 bits per heavy atom. The Bertz CT molecular complexity index is 1060. The first-order valence-corrected chi connectivity index (χ1v) is 8.45. The molecule has 0 aliphatic rings. The van der Waals surface area contributed by atoms with Gasteiger partial charge in [-0.1, -0.05) is 30.3 Å². The molecule has 0 spiro atoms. The maximum absolute atomic E-state index is 11.4. The topological polar surface area (TPSA) is 60.9 Å². The standard InChI is InChI=1S/C19H15N3OS/c1-12-10-17(19(20)23)21-22(12)15-6-2-5-14(11-15)16-7-3-4-13-8-9-24-18(13)16/h2-11H,1H3,(H2,20,23). The summed E-state index contributed by atoms with van der Waals surface area (Å²) in [7, 11) is 0. The van der Waals surface area contributed by atoms with Crippen LogP contribution >= 0.6 is 11.3 Å². The van der Waals surface area contributed by atoms with Crippen molar-refractivity contribution >= 4 is 27.3 Å². The summed E-state index contributed by atoms with van der Waals surface area (Å²) in [6.07, 6.45) is 0. The Morgan fingerprint density at radius 2 is 1.96 bits per heavy atom. The molecule has 0 saturated carbocycles. The fourth-order valence-electron chi connectivity index (χ4n) is 2.88. The maximum Gasteiger partial charge on any atom is 0.269 e. The molecule has 4 aromatic rings. The molecule has 0 fully saturated rings. The van der Waals surface area contributed by atoms with Crippen LogP contribution in [-0.2, 0) is 0 Å². The Labute approximate surface area is 143 Å². The van der Waals surface area contributed by atoms with Gasteiger partial charge in [-0.25, -0.2) is 4.68 Å². The molecule has 4 rings (SSSR count). The molecule has 4 nitrogen and oxygen atoms in total. The summed E-state index contributed by atoms with van der Waals surface area (Å²) >= 11 is 1.74. The summed E-state index contributed by atoms with van der Waals surface area (Å²) in [6.45, 7) is 1.91. The fourth-order valence-corrected chi connectivity index (χ4v) is 3.82. The van der Waals surface area contributed by atoms with Gasteiger partial charge in [0.05, 0.1) is 5.69 Å². The Kier molecular flexibility index (Phi) is 3.43. The zero-order chi connectivity index (χ0) is 16.7. The van der Waals surface area contributed by atoms with Gasteiger partial charge >= 0.3 is 0 Å². The van der Waals surface area contributed by atoms with Crippen LogP contribution in [0.3, 0.4) is 0 Å². The van der Waals surface area contributed by atoms with Crippen LogP contribution in [0.4, 0.5) is 0 Å². The van der Waals surface area contributed by atoms with Gasteiger partial charge in [0.25, 0.3) is 5.91 Å². The highest BCUT2D eigenvalue weighted by Crippen LogP contribution is 2.33. The lowest BCUT2D eigenvalue weighted by molar-refractivity contribution is 0.0995. The average molecular weight is 333 g/mol. The number of nitrogens with two attached hydrogens (primary N) is 1. The molecular formula is C19H15N3OS. The van der Waals surface area contributed by atoms with Crippen LogP contribution < -0.4 is 5.73 Å². The molecule has 0 aliphatic carbocycles. The zero-order valence-electron chi connectivity index (χ0n) is 13.1. The predicted molar refractivity (Wildman–Crippen MR) is 97.6 cm³/mol. The van der Waals surface area contributed by atoms with Crippen LogP contribution in [0.5, 0.6) is 0 Å². The van der Waals surface area contributed by atoms with E-state index in [1.165, 1.54) is 15.6 Å². The lowest BCUT2D eigenvalue weighted by Crippen LogP contribution is -2.12. The van der Waals surface area contributed by atoms with Crippen LogP contribution in [0.25, 0.3) is 26.9 Å². The second kappa shape index (κ2) is 5.62. The number of benzene rings is 2. The third kappa shape index (κ3) is 2.39. The van der Waals surface area contributed by atoms with E-state index in [0.29, 0.717) is 0 Å². The van der Waals surface area contributed by atoms with E-state index in [0.717, 1.165) is 16.9 Å².